The number of nitrogens with one attached hydrogen (secondary N) is 1. The molecule has 1 aliphatic rings. The van der Waals surface area contributed by atoms with Crippen molar-refractivity contribution in [3.63, 3.8) is 0 Å². The van der Waals surface area contributed by atoms with E-state index >= 15 is 0 Å². The van der Waals surface area contributed by atoms with Gasteiger partial charge in [0.2, 0.25) is 0 Å². The number of thioether (sulfide) groups is 1. The largest absolute Gasteiger partial charge is 0.307 e. The lowest BCUT2D eigenvalue weighted by Gasteiger charge is -2.30. The molecule has 1 aromatic rings. The summed E-state index contributed by atoms with van der Waals surface area (Å²) in [7, 11) is 0. The second-order valence-corrected chi connectivity index (χ2v) is 6.07. The SMILES string of the molecule is CCCC(CC)NC1CCSc2ccc(F)cc21. The highest BCUT2D eigenvalue weighted by atomic mass is 32.2. The molecule has 1 N–H and O–H groups in total. The van der Waals surface area contributed by atoms with Crippen molar-refractivity contribution in [2.45, 2.75) is 56.5 Å². The van der Waals surface area contributed by atoms with E-state index < -0.39 is 0 Å². The van der Waals surface area contributed by atoms with Gasteiger partial charge in [0.25, 0.3) is 0 Å². The first-order chi connectivity index (χ1) is 8.74. The van der Waals surface area contributed by atoms with E-state index in [1.807, 2.05) is 17.8 Å². The predicted molar refractivity (Wildman–Crippen MR) is 76.6 cm³/mol. The van der Waals surface area contributed by atoms with Gasteiger partial charge in [0.1, 0.15) is 5.82 Å². The van der Waals surface area contributed by atoms with Crippen LogP contribution in [0.2, 0.25) is 0 Å². The summed E-state index contributed by atoms with van der Waals surface area (Å²) in [5.41, 5.74) is 1.15. The Morgan fingerprint density at radius 2 is 2.28 bits per heavy atom. The second kappa shape index (κ2) is 6.58. The summed E-state index contributed by atoms with van der Waals surface area (Å²) >= 11 is 1.84. The maximum absolute atomic E-state index is 13.4. The van der Waals surface area contributed by atoms with Crippen molar-refractivity contribution in [3.8, 4) is 0 Å². The summed E-state index contributed by atoms with van der Waals surface area (Å²) in [5, 5.41) is 3.71. The molecule has 2 atom stereocenters. The maximum atomic E-state index is 13.4. The molecule has 2 rings (SSSR count). The topological polar surface area (TPSA) is 12.0 Å². The van der Waals surface area contributed by atoms with E-state index in [4.69, 9.17) is 0 Å². The number of benzene rings is 1. The van der Waals surface area contributed by atoms with Crippen LogP contribution in [0.4, 0.5) is 4.39 Å². The second-order valence-electron chi connectivity index (χ2n) is 4.93. The van der Waals surface area contributed by atoms with Crippen LogP contribution in [-0.2, 0) is 0 Å². The van der Waals surface area contributed by atoms with Crippen molar-refractivity contribution < 1.29 is 4.39 Å². The van der Waals surface area contributed by atoms with Gasteiger partial charge in [-0.15, -0.1) is 11.8 Å². The molecule has 0 aromatic heterocycles. The molecule has 1 nitrogen and oxygen atoms in total. The van der Waals surface area contributed by atoms with Crippen LogP contribution >= 0.6 is 11.8 Å². The van der Waals surface area contributed by atoms with Gasteiger partial charge in [-0.2, -0.15) is 0 Å². The van der Waals surface area contributed by atoms with E-state index in [9.17, 15) is 4.39 Å². The highest BCUT2D eigenvalue weighted by molar-refractivity contribution is 7.99. The average molecular weight is 267 g/mol. The van der Waals surface area contributed by atoms with Crippen LogP contribution in [0.1, 0.15) is 51.1 Å². The van der Waals surface area contributed by atoms with Gasteiger partial charge >= 0.3 is 0 Å². The summed E-state index contributed by atoms with van der Waals surface area (Å²) in [4.78, 5) is 1.24. The number of rotatable bonds is 5. The van der Waals surface area contributed by atoms with E-state index in [0.717, 1.165) is 24.2 Å². The van der Waals surface area contributed by atoms with Crippen molar-refractivity contribution >= 4 is 11.8 Å². The fourth-order valence-corrected chi connectivity index (χ4v) is 3.68. The minimum absolute atomic E-state index is 0.119. The summed E-state index contributed by atoms with van der Waals surface area (Å²) in [6.45, 7) is 4.44. The quantitative estimate of drug-likeness (QED) is 0.841. The Morgan fingerprint density at radius 3 is 3.00 bits per heavy atom. The Labute approximate surface area is 114 Å². The van der Waals surface area contributed by atoms with Gasteiger partial charge in [-0.1, -0.05) is 20.3 Å². The third-order valence-electron chi connectivity index (χ3n) is 3.58. The van der Waals surface area contributed by atoms with Crippen LogP contribution < -0.4 is 5.32 Å². The first-order valence-electron chi connectivity index (χ1n) is 6.92. The molecule has 0 fully saturated rings. The molecule has 18 heavy (non-hydrogen) atoms. The molecule has 2 unspecified atom stereocenters. The molecule has 0 spiro atoms. The highest BCUT2D eigenvalue weighted by Crippen LogP contribution is 2.36. The normalized spacial score (nSPS) is 20.5. The number of halogens is 1. The molecule has 0 saturated heterocycles. The van der Waals surface area contributed by atoms with E-state index in [2.05, 4.69) is 19.2 Å². The Kier molecular flexibility index (Phi) is 5.07. The van der Waals surface area contributed by atoms with Gasteiger partial charge in [0.15, 0.2) is 0 Å². The van der Waals surface area contributed by atoms with E-state index in [0.29, 0.717) is 12.1 Å². The third kappa shape index (κ3) is 3.27. The molecular formula is C15H22FNS. The molecule has 1 heterocycles. The number of hydrogen-bond donors (Lipinski definition) is 1. The smallest absolute Gasteiger partial charge is 0.123 e. The average Bonchev–Trinajstić information content (AvgIpc) is 2.38. The lowest BCUT2D eigenvalue weighted by molar-refractivity contribution is 0.389. The molecule has 1 aromatic carbocycles. The first-order valence-corrected chi connectivity index (χ1v) is 7.91. The molecular weight excluding hydrogens is 245 g/mol. The highest BCUT2D eigenvalue weighted by Gasteiger charge is 2.22. The van der Waals surface area contributed by atoms with E-state index in [1.54, 1.807) is 12.1 Å². The van der Waals surface area contributed by atoms with Crippen molar-refractivity contribution in [1.29, 1.82) is 0 Å². The van der Waals surface area contributed by atoms with E-state index in [1.165, 1.54) is 17.7 Å². The first kappa shape index (κ1) is 13.9. The summed E-state index contributed by atoms with van der Waals surface area (Å²) in [6.07, 6.45) is 4.64. The zero-order chi connectivity index (χ0) is 13.0. The minimum Gasteiger partial charge on any atom is -0.307 e. The standard InChI is InChI=1S/C15H22FNS/c1-3-5-12(4-2)17-14-8-9-18-15-7-6-11(16)10-13(14)15/h6-7,10,12,14,17H,3-5,8-9H2,1-2H3. The van der Waals surface area contributed by atoms with Gasteiger partial charge in [-0.25, -0.2) is 4.39 Å². The van der Waals surface area contributed by atoms with Crippen molar-refractivity contribution in [2.24, 2.45) is 0 Å². The van der Waals surface area contributed by atoms with Crippen LogP contribution in [0.15, 0.2) is 23.1 Å². The fraction of sp³-hybridized carbons (Fsp3) is 0.600. The molecule has 100 valence electrons. The van der Waals surface area contributed by atoms with Crippen molar-refractivity contribution in [2.75, 3.05) is 5.75 Å². The van der Waals surface area contributed by atoms with Gasteiger partial charge < -0.3 is 5.32 Å². The maximum Gasteiger partial charge on any atom is 0.123 e. The van der Waals surface area contributed by atoms with Crippen LogP contribution in [0.25, 0.3) is 0 Å². The lowest BCUT2D eigenvalue weighted by atomic mass is 10.0. The molecule has 0 aliphatic carbocycles. The predicted octanol–water partition coefficient (Wildman–Crippen LogP) is 4.53. The Bertz CT molecular complexity index is 394. The molecule has 0 radical (unpaired) electrons. The lowest BCUT2D eigenvalue weighted by Crippen LogP contribution is -2.34. The van der Waals surface area contributed by atoms with Gasteiger partial charge in [-0.05, 0) is 48.8 Å². The number of hydrogen-bond acceptors (Lipinski definition) is 2. The molecule has 0 amide bonds. The summed E-state index contributed by atoms with van der Waals surface area (Å²) < 4.78 is 13.4. The zero-order valence-electron chi connectivity index (χ0n) is 11.2. The van der Waals surface area contributed by atoms with Gasteiger partial charge in [0, 0.05) is 17.0 Å². The van der Waals surface area contributed by atoms with Crippen LogP contribution in [-0.4, -0.2) is 11.8 Å². The van der Waals surface area contributed by atoms with Crippen LogP contribution in [0.5, 0.6) is 0 Å². The number of fused-ring (bicyclic) bond motifs is 1. The van der Waals surface area contributed by atoms with Crippen LogP contribution in [0, 0.1) is 5.82 Å². The summed E-state index contributed by atoms with van der Waals surface area (Å²) in [6, 6.07) is 6.08. The third-order valence-corrected chi connectivity index (χ3v) is 4.70. The Hall–Kier alpha value is -0.540. The monoisotopic (exact) mass is 267 g/mol. The van der Waals surface area contributed by atoms with Crippen molar-refractivity contribution in [1.82, 2.24) is 5.32 Å². The Balaban J connectivity index is 2.13. The minimum atomic E-state index is -0.119. The van der Waals surface area contributed by atoms with Crippen molar-refractivity contribution in [3.05, 3.63) is 29.6 Å². The Morgan fingerprint density at radius 1 is 1.44 bits per heavy atom. The molecule has 1 aliphatic heterocycles. The fourth-order valence-electron chi connectivity index (χ4n) is 2.58. The zero-order valence-corrected chi connectivity index (χ0v) is 12.0. The van der Waals surface area contributed by atoms with Gasteiger partial charge in [0.05, 0.1) is 0 Å². The summed E-state index contributed by atoms with van der Waals surface area (Å²) in [5.74, 6) is 1.00. The molecule has 0 saturated carbocycles. The van der Waals surface area contributed by atoms with Crippen LogP contribution in [0.3, 0.4) is 0 Å². The molecule has 0 bridgehead atoms. The molecule has 3 heteroatoms. The van der Waals surface area contributed by atoms with E-state index in [-0.39, 0.29) is 5.82 Å². The van der Waals surface area contributed by atoms with Gasteiger partial charge in [-0.3, -0.25) is 0 Å².